The maximum absolute atomic E-state index is 9.48. The predicted octanol–water partition coefficient (Wildman–Crippen LogP) is 6.45. The molecule has 3 aromatic carbocycles. The summed E-state index contributed by atoms with van der Waals surface area (Å²) >= 11 is 11.3. The lowest BCUT2D eigenvalue weighted by molar-refractivity contribution is 0.475. The van der Waals surface area contributed by atoms with Gasteiger partial charge in [-0.1, -0.05) is 51.8 Å². The fourth-order valence-corrected chi connectivity index (χ4v) is 4.09. The third-order valence-electron chi connectivity index (χ3n) is 4.09. The van der Waals surface area contributed by atoms with E-state index in [1.807, 2.05) is 53.9 Å². The van der Waals surface area contributed by atoms with Crippen molar-refractivity contribution >= 4 is 50.8 Å². The van der Waals surface area contributed by atoms with Gasteiger partial charge in [0.1, 0.15) is 5.75 Å². The molecule has 1 aromatic heterocycles. The molecule has 1 N–H and O–H groups in total. The number of hydrogen-bond donors (Lipinski definition) is 1. The van der Waals surface area contributed by atoms with E-state index in [1.54, 1.807) is 35.2 Å². The average molecular weight is 485 g/mol. The first-order valence-corrected chi connectivity index (χ1v) is 10.7. The van der Waals surface area contributed by atoms with E-state index in [9.17, 15) is 5.11 Å². The van der Waals surface area contributed by atoms with Crippen LogP contribution in [0.15, 0.2) is 92.7 Å². The Morgan fingerprint density at radius 2 is 1.79 bits per heavy atom. The van der Waals surface area contributed by atoms with Crippen LogP contribution in [0.5, 0.6) is 5.75 Å². The van der Waals surface area contributed by atoms with E-state index in [0.29, 0.717) is 15.5 Å². The molecular formula is C22H15BrClN3OS. The summed E-state index contributed by atoms with van der Waals surface area (Å²) in [5.74, 6) is 0.217. The number of rotatable bonds is 4. The van der Waals surface area contributed by atoms with Gasteiger partial charge in [-0.15, -0.1) is 11.3 Å². The Morgan fingerprint density at radius 1 is 1.00 bits per heavy atom. The van der Waals surface area contributed by atoms with E-state index >= 15 is 0 Å². The molecule has 144 valence electrons. The van der Waals surface area contributed by atoms with Crippen molar-refractivity contribution in [2.75, 3.05) is 0 Å². The quantitative estimate of drug-likeness (QED) is 0.332. The summed E-state index contributed by atoms with van der Waals surface area (Å²) in [6.45, 7) is 0. The highest BCUT2D eigenvalue weighted by atomic mass is 79.9. The molecule has 0 unspecified atom stereocenters. The number of aromatic nitrogens is 1. The molecule has 0 aliphatic rings. The van der Waals surface area contributed by atoms with Crippen molar-refractivity contribution in [2.24, 2.45) is 10.1 Å². The van der Waals surface area contributed by atoms with E-state index in [0.717, 1.165) is 21.3 Å². The summed E-state index contributed by atoms with van der Waals surface area (Å²) in [5, 5.41) is 16.7. The second kappa shape index (κ2) is 8.78. The molecule has 7 heteroatoms. The Labute approximate surface area is 185 Å². The number of halogens is 2. The molecule has 0 spiro atoms. The molecule has 0 saturated carbocycles. The van der Waals surface area contributed by atoms with Gasteiger partial charge in [-0.25, -0.2) is 9.67 Å². The van der Waals surface area contributed by atoms with E-state index in [1.165, 1.54) is 11.3 Å². The Kier molecular flexibility index (Phi) is 5.94. The molecule has 0 saturated heterocycles. The number of aromatic hydroxyl groups is 1. The standard InChI is InChI=1S/C22H15BrClN3OS/c23-17-5-3-4-16(12-17)21-14-29-22(26-20-7-2-1-6-19(20)24)27(21)25-13-15-8-10-18(28)11-9-15/h1-14,28H. The number of thiazole rings is 1. The zero-order valence-electron chi connectivity index (χ0n) is 15.0. The van der Waals surface area contributed by atoms with Crippen LogP contribution in [0.4, 0.5) is 5.69 Å². The van der Waals surface area contributed by atoms with Crippen LogP contribution in [-0.4, -0.2) is 16.0 Å². The van der Waals surface area contributed by atoms with Gasteiger partial charge in [0.2, 0.25) is 4.80 Å². The normalized spacial score (nSPS) is 12.0. The van der Waals surface area contributed by atoms with Crippen LogP contribution in [0.3, 0.4) is 0 Å². The monoisotopic (exact) mass is 483 g/mol. The number of benzene rings is 3. The van der Waals surface area contributed by atoms with Crippen molar-refractivity contribution in [3.8, 4) is 17.0 Å². The molecule has 0 atom stereocenters. The van der Waals surface area contributed by atoms with Crippen LogP contribution in [0, 0.1) is 0 Å². The summed E-state index contributed by atoms with van der Waals surface area (Å²) in [5.41, 5.74) is 3.48. The second-order valence-electron chi connectivity index (χ2n) is 6.12. The summed E-state index contributed by atoms with van der Waals surface area (Å²) < 4.78 is 2.78. The zero-order valence-corrected chi connectivity index (χ0v) is 18.2. The molecule has 0 aliphatic heterocycles. The average Bonchev–Trinajstić information content (AvgIpc) is 3.12. The highest BCUT2D eigenvalue weighted by Gasteiger charge is 2.09. The van der Waals surface area contributed by atoms with Gasteiger partial charge in [0.05, 0.1) is 22.6 Å². The molecule has 4 aromatic rings. The van der Waals surface area contributed by atoms with Gasteiger partial charge in [0.15, 0.2) is 0 Å². The first-order chi connectivity index (χ1) is 14.1. The molecule has 1 heterocycles. The lowest BCUT2D eigenvalue weighted by Crippen LogP contribution is -2.11. The van der Waals surface area contributed by atoms with Gasteiger partial charge in [-0.05, 0) is 54.1 Å². The second-order valence-corrected chi connectivity index (χ2v) is 8.28. The van der Waals surface area contributed by atoms with Gasteiger partial charge in [-0.2, -0.15) is 5.10 Å². The topological polar surface area (TPSA) is 49.9 Å². The van der Waals surface area contributed by atoms with Crippen molar-refractivity contribution in [1.29, 1.82) is 0 Å². The van der Waals surface area contributed by atoms with E-state index in [4.69, 9.17) is 16.6 Å². The molecule has 0 bridgehead atoms. The third-order valence-corrected chi connectivity index (χ3v) is 5.72. The Hall–Kier alpha value is -2.67. The minimum absolute atomic E-state index is 0.217. The van der Waals surface area contributed by atoms with Crippen LogP contribution in [0.2, 0.25) is 5.02 Å². The lowest BCUT2D eigenvalue weighted by Gasteiger charge is -2.04. The summed E-state index contributed by atoms with van der Waals surface area (Å²) in [7, 11) is 0. The molecule has 0 amide bonds. The molecule has 0 aliphatic carbocycles. The molecule has 4 rings (SSSR count). The summed E-state index contributed by atoms with van der Waals surface area (Å²) in [4.78, 5) is 5.42. The van der Waals surface area contributed by atoms with Gasteiger partial charge in [0.25, 0.3) is 0 Å². The van der Waals surface area contributed by atoms with E-state index in [2.05, 4.69) is 21.0 Å². The predicted molar refractivity (Wildman–Crippen MR) is 123 cm³/mol. The number of hydrogen-bond acceptors (Lipinski definition) is 4. The van der Waals surface area contributed by atoms with Crippen LogP contribution in [-0.2, 0) is 0 Å². The molecule has 0 radical (unpaired) electrons. The van der Waals surface area contributed by atoms with Crippen LogP contribution in [0.25, 0.3) is 11.3 Å². The molecule has 29 heavy (non-hydrogen) atoms. The van der Waals surface area contributed by atoms with Crippen molar-refractivity contribution in [3.63, 3.8) is 0 Å². The number of phenolic OH excluding ortho intramolecular Hbond substituents is 1. The van der Waals surface area contributed by atoms with Crippen molar-refractivity contribution in [3.05, 3.63) is 98.0 Å². The van der Waals surface area contributed by atoms with Crippen molar-refractivity contribution in [2.45, 2.75) is 0 Å². The van der Waals surface area contributed by atoms with Gasteiger partial charge in [-0.3, -0.25) is 0 Å². The first kappa shape index (κ1) is 19.6. The number of nitrogens with zero attached hydrogens (tertiary/aromatic N) is 3. The Bertz CT molecular complexity index is 1250. The maximum Gasteiger partial charge on any atom is 0.211 e. The highest BCUT2D eigenvalue weighted by molar-refractivity contribution is 9.10. The van der Waals surface area contributed by atoms with Gasteiger partial charge in [0, 0.05) is 15.4 Å². The van der Waals surface area contributed by atoms with Gasteiger partial charge < -0.3 is 5.11 Å². The molecule has 4 nitrogen and oxygen atoms in total. The fourth-order valence-electron chi connectivity index (χ4n) is 2.67. The highest BCUT2D eigenvalue weighted by Crippen LogP contribution is 2.26. The lowest BCUT2D eigenvalue weighted by atomic mass is 10.2. The van der Waals surface area contributed by atoms with E-state index in [-0.39, 0.29) is 5.75 Å². The number of phenols is 1. The van der Waals surface area contributed by atoms with Crippen LogP contribution < -0.4 is 4.80 Å². The van der Waals surface area contributed by atoms with E-state index < -0.39 is 0 Å². The summed E-state index contributed by atoms with van der Waals surface area (Å²) in [6, 6.07) is 22.3. The molecular weight excluding hydrogens is 470 g/mol. The first-order valence-electron chi connectivity index (χ1n) is 8.69. The number of para-hydroxylation sites is 1. The zero-order chi connectivity index (χ0) is 20.2. The largest absolute Gasteiger partial charge is 0.508 e. The molecule has 0 fully saturated rings. The van der Waals surface area contributed by atoms with Crippen molar-refractivity contribution in [1.82, 2.24) is 4.68 Å². The third kappa shape index (κ3) is 4.67. The van der Waals surface area contributed by atoms with Crippen molar-refractivity contribution < 1.29 is 5.11 Å². The smallest absolute Gasteiger partial charge is 0.211 e. The Morgan fingerprint density at radius 3 is 2.55 bits per heavy atom. The Balaban J connectivity index is 1.86. The SMILES string of the molecule is Oc1ccc(C=Nn2c(-c3cccc(Br)c3)csc2=Nc2ccccc2Cl)cc1. The minimum Gasteiger partial charge on any atom is -0.508 e. The minimum atomic E-state index is 0.217. The van der Waals surface area contributed by atoms with Gasteiger partial charge >= 0.3 is 0 Å². The summed E-state index contributed by atoms with van der Waals surface area (Å²) in [6.07, 6.45) is 1.74. The fraction of sp³-hybridized carbons (Fsp3) is 0. The maximum atomic E-state index is 9.48. The van der Waals surface area contributed by atoms with Crippen LogP contribution >= 0.6 is 38.9 Å². The van der Waals surface area contributed by atoms with Crippen LogP contribution in [0.1, 0.15) is 5.56 Å².